The fraction of sp³-hybridized carbons (Fsp3) is 0.800. The van der Waals surface area contributed by atoms with E-state index in [4.69, 9.17) is 0 Å². The van der Waals surface area contributed by atoms with Crippen molar-refractivity contribution in [2.45, 2.75) is 39.7 Å². The number of carbonyl (C=O) groups is 1. The number of hydrogen-bond acceptors (Lipinski definition) is 2. The molecule has 1 fully saturated rings. The Morgan fingerprint density at radius 1 is 1.22 bits per heavy atom. The van der Waals surface area contributed by atoms with Gasteiger partial charge in [-0.05, 0) is 37.5 Å². The molecule has 1 saturated carbocycles. The Bertz CT molecular complexity index is 324. The predicted molar refractivity (Wildman–Crippen MR) is 74.2 cm³/mol. The van der Waals surface area contributed by atoms with Crippen LogP contribution in [0.2, 0.25) is 0 Å². The van der Waals surface area contributed by atoms with Crippen LogP contribution in [0.25, 0.3) is 0 Å². The lowest BCUT2D eigenvalue weighted by molar-refractivity contribution is -0.123. The summed E-state index contributed by atoms with van der Waals surface area (Å²) in [6.07, 6.45) is 7.49. The normalized spacial score (nSPS) is 31.0. The Hall–Kier alpha value is -0.830. The van der Waals surface area contributed by atoms with Crippen LogP contribution in [0.5, 0.6) is 0 Å². The summed E-state index contributed by atoms with van der Waals surface area (Å²) >= 11 is 0. The molecule has 0 heterocycles. The van der Waals surface area contributed by atoms with E-state index in [1.807, 2.05) is 13.8 Å². The third-order valence-electron chi connectivity index (χ3n) is 4.39. The molecular formula is C15H26N2O. The fourth-order valence-corrected chi connectivity index (χ4v) is 3.24. The van der Waals surface area contributed by atoms with E-state index in [1.165, 1.54) is 12.8 Å². The smallest absolute Gasteiger partial charge is 0.222 e. The third-order valence-corrected chi connectivity index (χ3v) is 4.39. The quantitative estimate of drug-likeness (QED) is 0.559. The Kier molecular flexibility index (Phi) is 4.44. The molecule has 0 spiro atoms. The van der Waals surface area contributed by atoms with Crippen LogP contribution >= 0.6 is 0 Å². The van der Waals surface area contributed by atoms with E-state index in [9.17, 15) is 4.79 Å². The van der Waals surface area contributed by atoms with Gasteiger partial charge in [-0.1, -0.05) is 26.0 Å². The molecule has 0 aliphatic heterocycles. The molecule has 102 valence electrons. The first-order chi connectivity index (χ1) is 8.58. The van der Waals surface area contributed by atoms with Crippen LogP contribution < -0.4 is 10.6 Å². The minimum Gasteiger partial charge on any atom is -0.355 e. The molecule has 4 atom stereocenters. The van der Waals surface area contributed by atoms with Gasteiger partial charge < -0.3 is 10.6 Å². The summed E-state index contributed by atoms with van der Waals surface area (Å²) in [5.41, 5.74) is 0. The lowest BCUT2D eigenvalue weighted by atomic mass is 9.87. The molecule has 2 bridgehead atoms. The van der Waals surface area contributed by atoms with Crippen molar-refractivity contribution >= 4 is 5.91 Å². The summed E-state index contributed by atoms with van der Waals surface area (Å²) in [6, 6.07) is 0.556. The van der Waals surface area contributed by atoms with Crippen LogP contribution in [0.4, 0.5) is 0 Å². The number of amides is 1. The largest absolute Gasteiger partial charge is 0.355 e. The summed E-state index contributed by atoms with van der Waals surface area (Å²) in [5, 5.41) is 6.50. The first-order valence-corrected chi connectivity index (χ1v) is 7.27. The zero-order chi connectivity index (χ0) is 13.1. The Labute approximate surface area is 110 Å². The van der Waals surface area contributed by atoms with Crippen molar-refractivity contribution in [1.82, 2.24) is 10.6 Å². The number of carbonyl (C=O) groups excluding carboxylic acids is 1. The van der Waals surface area contributed by atoms with E-state index >= 15 is 0 Å². The average Bonchev–Trinajstić information content (AvgIpc) is 2.95. The molecule has 2 rings (SSSR count). The number of fused-ring (bicyclic) bond motifs is 2. The number of allylic oxidation sites excluding steroid dienone is 2. The number of nitrogens with one attached hydrogen (secondary N) is 2. The van der Waals surface area contributed by atoms with Gasteiger partial charge in [-0.15, -0.1) is 0 Å². The van der Waals surface area contributed by atoms with Gasteiger partial charge in [0, 0.05) is 25.0 Å². The van der Waals surface area contributed by atoms with E-state index in [-0.39, 0.29) is 11.8 Å². The molecule has 0 aromatic rings. The van der Waals surface area contributed by atoms with Crippen molar-refractivity contribution in [3.05, 3.63) is 12.2 Å². The topological polar surface area (TPSA) is 41.1 Å². The van der Waals surface area contributed by atoms with Crippen LogP contribution in [0.15, 0.2) is 12.2 Å². The van der Waals surface area contributed by atoms with Crippen molar-refractivity contribution in [3.8, 4) is 0 Å². The van der Waals surface area contributed by atoms with E-state index < -0.39 is 0 Å². The van der Waals surface area contributed by atoms with Crippen LogP contribution in [0.1, 0.15) is 33.6 Å². The maximum atomic E-state index is 11.4. The van der Waals surface area contributed by atoms with Gasteiger partial charge in [-0.25, -0.2) is 0 Å². The molecule has 0 saturated heterocycles. The highest BCUT2D eigenvalue weighted by Crippen LogP contribution is 2.44. The van der Waals surface area contributed by atoms with Crippen LogP contribution in [0, 0.1) is 23.7 Å². The molecule has 2 aliphatic rings. The average molecular weight is 250 g/mol. The van der Waals surface area contributed by atoms with Crippen molar-refractivity contribution in [3.63, 3.8) is 0 Å². The second kappa shape index (κ2) is 5.87. The monoisotopic (exact) mass is 250 g/mol. The standard InChI is InChI=1S/C15H26N2O/c1-10(2)15(18)17-7-6-16-11(3)14-9-12-4-5-13(14)8-12/h4-5,10-14,16H,6-9H2,1-3H3,(H,17,18). The van der Waals surface area contributed by atoms with E-state index in [2.05, 4.69) is 29.7 Å². The molecule has 0 radical (unpaired) electrons. The Morgan fingerprint density at radius 3 is 2.56 bits per heavy atom. The van der Waals surface area contributed by atoms with Crippen molar-refractivity contribution in [1.29, 1.82) is 0 Å². The second-order valence-electron chi connectivity index (χ2n) is 6.13. The summed E-state index contributed by atoms with van der Waals surface area (Å²) < 4.78 is 0. The molecule has 3 heteroatoms. The van der Waals surface area contributed by atoms with Crippen molar-refractivity contribution < 1.29 is 4.79 Å². The minimum atomic E-state index is 0.0816. The fourth-order valence-electron chi connectivity index (χ4n) is 3.24. The molecule has 18 heavy (non-hydrogen) atoms. The van der Waals surface area contributed by atoms with Crippen molar-refractivity contribution in [2.75, 3.05) is 13.1 Å². The highest BCUT2D eigenvalue weighted by Gasteiger charge is 2.38. The molecule has 2 N–H and O–H groups in total. The number of hydrogen-bond donors (Lipinski definition) is 2. The summed E-state index contributed by atoms with van der Waals surface area (Å²) in [6.45, 7) is 7.73. The lowest BCUT2D eigenvalue weighted by Gasteiger charge is -2.26. The zero-order valence-corrected chi connectivity index (χ0v) is 11.8. The highest BCUT2D eigenvalue weighted by molar-refractivity contribution is 5.77. The van der Waals surface area contributed by atoms with E-state index in [0.29, 0.717) is 6.04 Å². The SMILES string of the molecule is CC(C)C(=O)NCCNC(C)C1CC2C=CC1C2. The number of rotatable bonds is 6. The lowest BCUT2D eigenvalue weighted by Crippen LogP contribution is -2.41. The summed E-state index contributed by atoms with van der Waals surface area (Å²) in [4.78, 5) is 11.4. The van der Waals surface area contributed by atoms with Crippen molar-refractivity contribution in [2.24, 2.45) is 23.7 Å². The molecule has 0 aromatic heterocycles. The highest BCUT2D eigenvalue weighted by atomic mass is 16.1. The molecule has 0 aromatic carbocycles. The molecule has 4 unspecified atom stereocenters. The molecular weight excluding hydrogens is 224 g/mol. The van der Waals surface area contributed by atoms with Crippen LogP contribution in [-0.4, -0.2) is 25.0 Å². The molecule has 2 aliphatic carbocycles. The summed E-state index contributed by atoms with van der Waals surface area (Å²) in [7, 11) is 0. The summed E-state index contributed by atoms with van der Waals surface area (Å²) in [5.74, 6) is 2.65. The minimum absolute atomic E-state index is 0.0816. The van der Waals surface area contributed by atoms with Gasteiger partial charge >= 0.3 is 0 Å². The van der Waals surface area contributed by atoms with E-state index in [0.717, 1.165) is 30.8 Å². The van der Waals surface area contributed by atoms with Gasteiger partial charge in [0.15, 0.2) is 0 Å². The van der Waals surface area contributed by atoms with Gasteiger partial charge in [0.25, 0.3) is 0 Å². The molecule has 1 amide bonds. The Morgan fingerprint density at radius 2 is 2.00 bits per heavy atom. The Balaban J connectivity index is 1.62. The second-order valence-corrected chi connectivity index (χ2v) is 6.13. The van der Waals surface area contributed by atoms with E-state index in [1.54, 1.807) is 0 Å². The van der Waals surface area contributed by atoms with Gasteiger partial charge in [0.2, 0.25) is 5.91 Å². The molecule has 3 nitrogen and oxygen atoms in total. The maximum Gasteiger partial charge on any atom is 0.222 e. The van der Waals surface area contributed by atoms with Gasteiger partial charge in [-0.3, -0.25) is 4.79 Å². The van der Waals surface area contributed by atoms with Gasteiger partial charge in [0.1, 0.15) is 0 Å². The van der Waals surface area contributed by atoms with Gasteiger partial charge in [-0.2, -0.15) is 0 Å². The van der Waals surface area contributed by atoms with Crippen LogP contribution in [-0.2, 0) is 4.79 Å². The zero-order valence-electron chi connectivity index (χ0n) is 11.8. The third kappa shape index (κ3) is 3.14. The predicted octanol–water partition coefficient (Wildman–Crippen LogP) is 1.95. The first kappa shape index (κ1) is 13.6. The first-order valence-electron chi connectivity index (χ1n) is 7.27. The van der Waals surface area contributed by atoms with Gasteiger partial charge in [0.05, 0.1) is 0 Å². The van der Waals surface area contributed by atoms with Crippen LogP contribution in [0.3, 0.4) is 0 Å². The maximum absolute atomic E-state index is 11.4.